The largest absolute Gasteiger partial charge is 0.399 e. The van der Waals surface area contributed by atoms with Gasteiger partial charge in [0.2, 0.25) is 0 Å². The van der Waals surface area contributed by atoms with E-state index in [0.29, 0.717) is 5.69 Å². The van der Waals surface area contributed by atoms with Gasteiger partial charge in [-0.25, -0.2) is 4.39 Å². The van der Waals surface area contributed by atoms with Gasteiger partial charge < -0.3 is 10.6 Å². The molecular weight excluding hydrogens is 207 g/mol. The number of amides is 1. The van der Waals surface area contributed by atoms with Crippen molar-refractivity contribution in [3.8, 4) is 0 Å². The average Bonchev–Trinajstić information content (AvgIpc) is 2.26. The minimum absolute atomic E-state index is 0.0667. The van der Waals surface area contributed by atoms with Crippen LogP contribution in [0.4, 0.5) is 10.1 Å². The molecule has 0 spiro atoms. The summed E-state index contributed by atoms with van der Waals surface area (Å²) in [6, 6.07) is 4.20. The molecular formula is C12H17FN2O. The monoisotopic (exact) mass is 224 g/mol. The summed E-state index contributed by atoms with van der Waals surface area (Å²) in [5, 5.41) is 0. The fourth-order valence-corrected chi connectivity index (χ4v) is 1.37. The summed E-state index contributed by atoms with van der Waals surface area (Å²) in [6.45, 7) is 3.90. The summed E-state index contributed by atoms with van der Waals surface area (Å²) in [6.07, 6.45) is 0.832. The van der Waals surface area contributed by atoms with E-state index in [9.17, 15) is 9.18 Å². The first-order valence-electron chi connectivity index (χ1n) is 5.29. The van der Waals surface area contributed by atoms with E-state index in [1.54, 1.807) is 7.05 Å². The van der Waals surface area contributed by atoms with Gasteiger partial charge in [0.1, 0.15) is 5.82 Å². The molecule has 0 radical (unpaired) electrons. The Bertz CT molecular complexity index is 393. The number of anilines is 1. The lowest BCUT2D eigenvalue weighted by Gasteiger charge is -2.24. The maximum atomic E-state index is 13.5. The van der Waals surface area contributed by atoms with Gasteiger partial charge in [-0.3, -0.25) is 4.79 Å². The fourth-order valence-electron chi connectivity index (χ4n) is 1.37. The van der Waals surface area contributed by atoms with E-state index >= 15 is 0 Å². The van der Waals surface area contributed by atoms with E-state index < -0.39 is 5.82 Å². The summed E-state index contributed by atoms with van der Waals surface area (Å²) in [4.78, 5) is 13.5. The molecule has 0 saturated carbocycles. The summed E-state index contributed by atoms with van der Waals surface area (Å²) in [5.41, 5.74) is 5.81. The van der Waals surface area contributed by atoms with Crippen molar-refractivity contribution in [3.05, 3.63) is 29.6 Å². The van der Waals surface area contributed by atoms with Crippen LogP contribution < -0.4 is 5.73 Å². The molecule has 1 rings (SSSR count). The average molecular weight is 224 g/mol. The number of halogens is 1. The molecule has 2 N–H and O–H groups in total. The summed E-state index contributed by atoms with van der Waals surface area (Å²) in [7, 11) is 1.67. The molecule has 0 heterocycles. The van der Waals surface area contributed by atoms with Crippen LogP contribution in [0.1, 0.15) is 30.6 Å². The minimum atomic E-state index is -0.569. The van der Waals surface area contributed by atoms with Gasteiger partial charge >= 0.3 is 0 Å². The summed E-state index contributed by atoms with van der Waals surface area (Å²) >= 11 is 0. The summed E-state index contributed by atoms with van der Waals surface area (Å²) < 4.78 is 13.5. The zero-order valence-corrected chi connectivity index (χ0v) is 9.83. The third-order valence-corrected chi connectivity index (χ3v) is 2.80. The number of benzene rings is 1. The van der Waals surface area contributed by atoms with E-state index in [1.165, 1.54) is 17.0 Å². The van der Waals surface area contributed by atoms with Crippen molar-refractivity contribution in [2.75, 3.05) is 12.8 Å². The van der Waals surface area contributed by atoms with Gasteiger partial charge in [0.05, 0.1) is 5.56 Å². The zero-order valence-electron chi connectivity index (χ0n) is 9.83. The van der Waals surface area contributed by atoms with E-state index in [2.05, 4.69) is 0 Å². The standard InChI is InChI=1S/C12H17FN2O/c1-4-8(2)15(3)12(16)10-6-5-9(14)7-11(10)13/h5-8H,4,14H2,1-3H3. The molecule has 88 valence electrons. The van der Waals surface area contributed by atoms with Crippen molar-refractivity contribution in [2.45, 2.75) is 26.3 Å². The summed E-state index contributed by atoms with van der Waals surface area (Å²) in [5.74, 6) is -0.882. The molecule has 1 amide bonds. The van der Waals surface area contributed by atoms with Gasteiger partial charge in [0.25, 0.3) is 5.91 Å². The van der Waals surface area contributed by atoms with Crippen LogP contribution >= 0.6 is 0 Å². The predicted octanol–water partition coefficient (Wildman–Crippen LogP) is 2.28. The molecule has 4 heteroatoms. The number of rotatable bonds is 3. The molecule has 1 unspecified atom stereocenters. The first-order chi connectivity index (χ1) is 7.47. The Hall–Kier alpha value is -1.58. The normalized spacial score (nSPS) is 12.2. The topological polar surface area (TPSA) is 46.3 Å². The Kier molecular flexibility index (Phi) is 3.88. The first kappa shape index (κ1) is 12.5. The lowest BCUT2D eigenvalue weighted by molar-refractivity contribution is 0.0736. The van der Waals surface area contributed by atoms with Gasteiger partial charge in [0.15, 0.2) is 0 Å². The second-order valence-electron chi connectivity index (χ2n) is 3.91. The number of carbonyl (C=O) groups is 1. The lowest BCUT2D eigenvalue weighted by atomic mass is 10.1. The van der Waals surface area contributed by atoms with Crippen molar-refractivity contribution in [3.63, 3.8) is 0 Å². The van der Waals surface area contributed by atoms with Crippen molar-refractivity contribution >= 4 is 11.6 Å². The highest BCUT2D eigenvalue weighted by molar-refractivity contribution is 5.94. The number of hydrogen-bond donors (Lipinski definition) is 1. The molecule has 0 aliphatic rings. The molecule has 0 bridgehead atoms. The minimum Gasteiger partial charge on any atom is -0.399 e. The highest BCUT2D eigenvalue weighted by atomic mass is 19.1. The van der Waals surface area contributed by atoms with Crippen LogP contribution in [-0.4, -0.2) is 23.9 Å². The number of hydrogen-bond acceptors (Lipinski definition) is 2. The third kappa shape index (κ3) is 2.51. The van der Waals surface area contributed by atoms with E-state index in [-0.39, 0.29) is 17.5 Å². The van der Waals surface area contributed by atoms with Crippen LogP contribution in [0.3, 0.4) is 0 Å². The maximum absolute atomic E-state index is 13.5. The third-order valence-electron chi connectivity index (χ3n) is 2.80. The van der Waals surface area contributed by atoms with Gasteiger partial charge in [-0.05, 0) is 31.5 Å². The van der Waals surface area contributed by atoms with Crippen LogP contribution in [-0.2, 0) is 0 Å². The molecule has 1 atom stereocenters. The molecule has 1 aromatic carbocycles. The quantitative estimate of drug-likeness (QED) is 0.801. The molecule has 1 aromatic rings. The molecule has 0 aliphatic carbocycles. The molecule has 16 heavy (non-hydrogen) atoms. The molecule has 0 fully saturated rings. The van der Waals surface area contributed by atoms with Crippen molar-refractivity contribution < 1.29 is 9.18 Å². The van der Waals surface area contributed by atoms with Crippen LogP contribution in [0.5, 0.6) is 0 Å². The molecule has 0 aromatic heterocycles. The highest BCUT2D eigenvalue weighted by Gasteiger charge is 2.19. The SMILES string of the molecule is CCC(C)N(C)C(=O)c1ccc(N)cc1F. The number of nitrogens with two attached hydrogens (primary N) is 1. The van der Waals surface area contributed by atoms with Gasteiger partial charge in [0, 0.05) is 18.8 Å². The van der Waals surface area contributed by atoms with E-state index in [1.807, 2.05) is 13.8 Å². The van der Waals surface area contributed by atoms with Crippen LogP contribution in [0.2, 0.25) is 0 Å². The van der Waals surface area contributed by atoms with Crippen LogP contribution in [0.25, 0.3) is 0 Å². The Morgan fingerprint density at radius 2 is 2.19 bits per heavy atom. The van der Waals surface area contributed by atoms with Crippen LogP contribution in [0, 0.1) is 5.82 Å². The van der Waals surface area contributed by atoms with E-state index in [4.69, 9.17) is 5.73 Å². The van der Waals surface area contributed by atoms with Crippen molar-refractivity contribution in [2.24, 2.45) is 0 Å². The number of carbonyl (C=O) groups excluding carboxylic acids is 1. The molecule has 3 nitrogen and oxygen atoms in total. The predicted molar refractivity (Wildman–Crippen MR) is 62.7 cm³/mol. The Morgan fingerprint density at radius 3 is 2.69 bits per heavy atom. The Labute approximate surface area is 95.0 Å². The van der Waals surface area contributed by atoms with Gasteiger partial charge in [-0.15, -0.1) is 0 Å². The Morgan fingerprint density at radius 1 is 1.56 bits per heavy atom. The van der Waals surface area contributed by atoms with Crippen LogP contribution in [0.15, 0.2) is 18.2 Å². The number of nitrogens with zero attached hydrogens (tertiary/aromatic N) is 1. The lowest BCUT2D eigenvalue weighted by Crippen LogP contribution is -2.35. The fraction of sp³-hybridized carbons (Fsp3) is 0.417. The Balaban J connectivity index is 2.96. The van der Waals surface area contributed by atoms with Crippen molar-refractivity contribution in [1.82, 2.24) is 4.90 Å². The number of nitrogen functional groups attached to an aromatic ring is 1. The molecule has 0 saturated heterocycles. The highest BCUT2D eigenvalue weighted by Crippen LogP contribution is 2.15. The second kappa shape index (κ2) is 4.96. The van der Waals surface area contributed by atoms with Gasteiger partial charge in [-0.1, -0.05) is 6.92 Å². The van der Waals surface area contributed by atoms with Gasteiger partial charge in [-0.2, -0.15) is 0 Å². The maximum Gasteiger partial charge on any atom is 0.256 e. The smallest absolute Gasteiger partial charge is 0.256 e. The second-order valence-corrected chi connectivity index (χ2v) is 3.91. The molecule has 0 aliphatic heterocycles. The van der Waals surface area contributed by atoms with E-state index in [0.717, 1.165) is 12.5 Å². The van der Waals surface area contributed by atoms with Crippen molar-refractivity contribution in [1.29, 1.82) is 0 Å². The zero-order chi connectivity index (χ0) is 12.3. The first-order valence-corrected chi connectivity index (χ1v) is 5.29.